The van der Waals surface area contributed by atoms with Gasteiger partial charge in [0.2, 0.25) is 5.91 Å². The predicted molar refractivity (Wildman–Crippen MR) is 129 cm³/mol. The molecule has 3 aromatic heterocycles. The molecule has 1 aromatic carbocycles. The highest BCUT2D eigenvalue weighted by Gasteiger charge is 2.31. The van der Waals surface area contributed by atoms with Crippen molar-refractivity contribution in [1.29, 1.82) is 0 Å². The van der Waals surface area contributed by atoms with Crippen molar-refractivity contribution in [3.05, 3.63) is 91.3 Å². The van der Waals surface area contributed by atoms with E-state index in [9.17, 15) is 9.59 Å². The van der Waals surface area contributed by atoms with Gasteiger partial charge in [0.05, 0.1) is 23.4 Å². The minimum Gasteiger partial charge on any atom is -0.329 e. The smallest absolute Gasteiger partial charge is 0.256 e. The SMILES string of the molecule is C=CC(=O)N1CCCC[C@H]1c1nc(-c2ccnc(NC(=O)c3ccccc3)c2)c2cnccn12. The average Bonchev–Trinajstić information content (AvgIpc) is 3.28. The second kappa shape index (κ2) is 9.27. The Hall–Kier alpha value is -4.33. The van der Waals surface area contributed by atoms with Gasteiger partial charge in [0.1, 0.15) is 11.6 Å². The summed E-state index contributed by atoms with van der Waals surface area (Å²) in [5.41, 5.74) is 2.89. The first-order chi connectivity index (χ1) is 16.7. The van der Waals surface area contributed by atoms with Gasteiger partial charge in [-0.2, -0.15) is 0 Å². The number of likely N-dealkylation sites (tertiary alicyclic amines) is 1. The maximum Gasteiger partial charge on any atom is 0.256 e. The van der Waals surface area contributed by atoms with Crippen LogP contribution in [-0.2, 0) is 4.79 Å². The normalized spacial score (nSPS) is 15.8. The molecule has 8 heteroatoms. The van der Waals surface area contributed by atoms with E-state index < -0.39 is 0 Å². The lowest BCUT2D eigenvalue weighted by atomic mass is 10.0. The number of fused-ring (bicyclic) bond motifs is 1. The third-order valence-electron chi connectivity index (χ3n) is 6.04. The zero-order valence-electron chi connectivity index (χ0n) is 18.6. The highest BCUT2D eigenvalue weighted by atomic mass is 16.2. The van der Waals surface area contributed by atoms with Crippen LogP contribution in [0.1, 0.15) is 41.5 Å². The van der Waals surface area contributed by atoms with E-state index in [1.54, 1.807) is 36.8 Å². The van der Waals surface area contributed by atoms with Crippen molar-refractivity contribution in [2.75, 3.05) is 11.9 Å². The molecule has 0 radical (unpaired) electrons. The zero-order valence-corrected chi connectivity index (χ0v) is 18.6. The van der Waals surface area contributed by atoms with Crippen LogP contribution in [0.2, 0.25) is 0 Å². The van der Waals surface area contributed by atoms with E-state index in [0.717, 1.165) is 41.9 Å². The number of hydrogen-bond donors (Lipinski definition) is 1. The van der Waals surface area contributed by atoms with Crippen molar-refractivity contribution in [1.82, 2.24) is 24.3 Å². The Morgan fingerprint density at radius 3 is 2.79 bits per heavy atom. The number of carbonyl (C=O) groups is 2. The Morgan fingerprint density at radius 1 is 1.12 bits per heavy atom. The molecule has 0 bridgehead atoms. The lowest BCUT2D eigenvalue weighted by molar-refractivity contribution is -0.129. The van der Waals surface area contributed by atoms with Crippen LogP contribution in [0.3, 0.4) is 0 Å². The minimum atomic E-state index is -0.233. The molecule has 1 N–H and O–H groups in total. The number of piperidine rings is 1. The molecule has 2 amide bonds. The summed E-state index contributed by atoms with van der Waals surface area (Å²) in [5, 5.41) is 2.85. The van der Waals surface area contributed by atoms with E-state index in [2.05, 4.69) is 21.9 Å². The number of imidazole rings is 1. The van der Waals surface area contributed by atoms with E-state index in [1.807, 2.05) is 39.8 Å². The van der Waals surface area contributed by atoms with E-state index in [4.69, 9.17) is 4.98 Å². The Balaban J connectivity index is 1.53. The van der Waals surface area contributed by atoms with E-state index in [0.29, 0.717) is 17.9 Å². The van der Waals surface area contributed by atoms with E-state index in [-0.39, 0.29) is 17.9 Å². The molecule has 5 rings (SSSR count). The molecule has 1 aliphatic rings. The number of anilines is 1. The quantitative estimate of drug-likeness (QED) is 0.456. The maximum absolute atomic E-state index is 12.6. The number of amides is 2. The standard InChI is InChI=1S/C26H24N6O2/c1-2-23(33)31-14-7-6-10-20(31)25-30-24(21-17-27-13-15-32(21)25)19-11-12-28-22(16-19)29-26(34)18-8-4-3-5-9-18/h2-5,8-9,11-13,15-17,20H,1,6-7,10,14H2,(H,28,29,34)/t20-/m0/s1. The molecule has 34 heavy (non-hydrogen) atoms. The Morgan fingerprint density at radius 2 is 1.97 bits per heavy atom. The summed E-state index contributed by atoms with van der Waals surface area (Å²) in [7, 11) is 0. The lowest BCUT2D eigenvalue weighted by Gasteiger charge is -2.34. The first-order valence-corrected chi connectivity index (χ1v) is 11.2. The summed E-state index contributed by atoms with van der Waals surface area (Å²) in [6.07, 6.45) is 11.2. The molecular weight excluding hydrogens is 428 g/mol. The van der Waals surface area contributed by atoms with Gasteiger partial charge in [0, 0.05) is 36.3 Å². The molecule has 170 valence electrons. The topological polar surface area (TPSA) is 92.5 Å². The molecule has 0 saturated carbocycles. The number of carbonyl (C=O) groups excluding carboxylic acids is 2. The molecule has 8 nitrogen and oxygen atoms in total. The fourth-order valence-corrected chi connectivity index (χ4v) is 4.41. The largest absolute Gasteiger partial charge is 0.329 e. The molecular formula is C26H24N6O2. The second-order valence-corrected chi connectivity index (χ2v) is 8.15. The monoisotopic (exact) mass is 452 g/mol. The van der Waals surface area contributed by atoms with Gasteiger partial charge in [-0.05, 0) is 49.6 Å². The maximum atomic E-state index is 12.6. The Labute approximate surface area is 197 Å². The van der Waals surface area contributed by atoms with Crippen LogP contribution in [0, 0.1) is 0 Å². The summed E-state index contributed by atoms with van der Waals surface area (Å²) >= 11 is 0. The van der Waals surface area contributed by atoms with E-state index in [1.165, 1.54) is 6.08 Å². The van der Waals surface area contributed by atoms with Gasteiger partial charge < -0.3 is 10.2 Å². The first-order valence-electron chi connectivity index (χ1n) is 11.2. The highest BCUT2D eigenvalue weighted by molar-refractivity contribution is 6.04. The van der Waals surface area contributed by atoms with Crippen molar-refractivity contribution in [3.8, 4) is 11.3 Å². The van der Waals surface area contributed by atoms with E-state index >= 15 is 0 Å². The van der Waals surface area contributed by atoms with Gasteiger partial charge in [-0.15, -0.1) is 0 Å². The Kier molecular flexibility index (Phi) is 5.86. The lowest BCUT2D eigenvalue weighted by Crippen LogP contribution is -2.38. The van der Waals surface area contributed by atoms with Crippen LogP contribution in [0.4, 0.5) is 5.82 Å². The number of aromatic nitrogens is 4. The van der Waals surface area contributed by atoms with Gasteiger partial charge in [0.25, 0.3) is 5.91 Å². The summed E-state index contributed by atoms with van der Waals surface area (Å²) < 4.78 is 1.99. The fourth-order valence-electron chi connectivity index (χ4n) is 4.41. The van der Waals surface area contributed by atoms with Crippen LogP contribution >= 0.6 is 0 Å². The Bertz CT molecular complexity index is 1360. The molecule has 0 unspecified atom stereocenters. The number of nitrogens with zero attached hydrogens (tertiary/aromatic N) is 5. The van der Waals surface area contributed by atoms with Crippen LogP contribution in [0.15, 0.2) is 79.9 Å². The highest BCUT2D eigenvalue weighted by Crippen LogP contribution is 2.34. The van der Waals surface area contributed by atoms with Crippen LogP contribution < -0.4 is 5.32 Å². The van der Waals surface area contributed by atoms with Crippen molar-refractivity contribution in [3.63, 3.8) is 0 Å². The minimum absolute atomic E-state index is 0.0909. The number of rotatable bonds is 5. The summed E-state index contributed by atoms with van der Waals surface area (Å²) in [6, 6.07) is 12.5. The van der Waals surface area contributed by atoms with Crippen LogP contribution in [-0.4, -0.2) is 42.6 Å². The third kappa shape index (κ3) is 4.05. The molecule has 1 atom stereocenters. The average molecular weight is 453 g/mol. The third-order valence-corrected chi connectivity index (χ3v) is 6.04. The summed E-state index contributed by atoms with van der Waals surface area (Å²) in [5.74, 6) is 0.892. The molecule has 4 aromatic rings. The molecule has 0 aliphatic carbocycles. The summed E-state index contributed by atoms with van der Waals surface area (Å²) in [4.78, 5) is 40.6. The summed E-state index contributed by atoms with van der Waals surface area (Å²) in [6.45, 7) is 4.34. The molecule has 1 saturated heterocycles. The molecule has 4 heterocycles. The predicted octanol–water partition coefficient (Wildman–Crippen LogP) is 4.28. The number of pyridine rings is 1. The molecule has 1 aliphatic heterocycles. The van der Waals surface area contributed by atoms with Gasteiger partial charge in [0.15, 0.2) is 0 Å². The second-order valence-electron chi connectivity index (χ2n) is 8.15. The van der Waals surface area contributed by atoms with Gasteiger partial charge >= 0.3 is 0 Å². The van der Waals surface area contributed by atoms with Gasteiger partial charge in [-0.1, -0.05) is 24.8 Å². The first kappa shape index (κ1) is 21.5. The fraction of sp³-hybridized carbons (Fsp3) is 0.192. The van der Waals surface area contributed by atoms with Gasteiger partial charge in [-0.25, -0.2) is 9.97 Å². The van der Waals surface area contributed by atoms with Crippen molar-refractivity contribution in [2.45, 2.75) is 25.3 Å². The van der Waals surface area contributed by atoms with Crippen LogP contribution in [0.5, 0.6) is 0 Å². The van der Waals surface area contributed by atoms with Crippen molar-refractivity contribution >= 4 is 23.1 Å². The molecule has 1 fully saturated rings. The van der Waals surface area contributed by atoms with Crippen LogP contribution in [0.25, 0.3) is 16.8 Å². The zero-order chi connectivity index (χ0) is 23.5. The van der Waals surface area contributed by atoms with Crippen molar-refractivity contribution < 1.29 is 9.59 Å². The number of hydrogen-bond acceptors (Lipinski definition) is 5. The number of benzene rings is 1. The van der Waals surface area contributed by atoms with Crippen molar-refractivity contribution in [2.24, 2.45) is 0 Å². The number of nitrogens with one attached hydrogen (secondary N) is 1. The van der Waals surface area contributed by atoms with Gasteiger partial charge in [-0.3, -0.25) is 19.0 Å². The molecule has 0 spiro atoms.